The summed E-state index contributed by atoms with van der Waals surface area (Å²) in [7, 11) is 0. The second-order valence-corrected chi connectivity index (χ2v) is 12.0. The van der Waals surface area contributed by atoms with Crippen molar-refractivity contribution in [2.75, 3.05) is 0 Å². The first kappa shape index (κ1) is 29.3. The van der Waals surface area contributed by atoms with E-state index in [4.69, 9.17) is 9.62 Å². The predicted octanol–water partition coefficient (Wildman–Crippen LogP) is 9.02. The molecule has 0 amide bonds. The van der Waals surface area contributed by atoms with Crippen LogP contribution in [-0.4, -0.2) is 29.3 Å². The second-order valence-electron chi connectivity index (χ2n) is 12.0. The molecule has 0 N–H and O–H groups in total. The van der Waals surface area contributed by atoms with E-state index in [-0.39, 0.29) is 11.7 Å². The van der Waals surface area contributed by atoms with E-state index in [9.17, 15) is 0 Å². The maximum absolute atomic E-state index is 15.7. The molecule has 0 saturated carbocycles. The number of nitrogens with zero attached hydrogens (tertiary/aromatic N) is 6. The SMILES string of the molecule is CC(C)c1nc(-c2cnc3ccc(-c4cn(C(c5ccccc5)(c5ccccc5)c5ccccc5)nc4-c4ccccc4F)cn23)no1. The van der Waals surface area contributed by atoms with Crippen LogP contribution >= 0.6 is 0 Å². The monoisotopic (exact) mass is 630 g/mol. The molecule has 234 valence electrons. The molecule has 0 bridgehead atoms. The Bertz CT molecular complexity index is 2250. The first-order valence-corrected chi connectivity index (χ1v) is 15.9. The zero-order valence-corrected chi connectivity index (χ0v) is 26.4. The molecule has 8 rings (SSSR count). The van der Waals surface area contributed by atoms with Gasteiger partial charge in [0, 0.05) is 35.0 Å². The van der Waals surface area contributed by atoms with Gasteiger partial charge in [-0.1, -0.05) is 122 Å². The maximum atomic E-state index is 15.7. The fourth-order valence-corrected chi connectivity index (χ4v) is 6.42. The van der Waals surface area contributed by atoms with Crippen molar-refractivity contribution in [3.05, 3.63) is 174 Å². The molecule has 4 aromatic heterocycles. The summed E-state index contributed by atoms with van der Waals surface area (Å²) in [6.07, 6.45) is 5.74. The standard InChI is InChI=1S/C40H31FN6O/c1-27(2)39-43-38(45-48-39)35-24-42-36-23-22-28(25-46(35)36)33-26-47(44-37(33)32-20-12-13-21-34(32)41)40(29-14-6-3-7-15-29,30-16-8-4-9-17-30)31-18-10-5-11-19-31/h3-27H,1-2H3. The van der Waals surface area contributed by atoms with Crippen molar-refractivity contribution in [3.63, 3.8) is 0 Å². The van der Waals surface area contributed by atoms with Gasteiger partial charge in [-0.15, -0.1) is 0 Å². The molecular weight excluding hydrogens is 599 g/mol. The van der Waals surface area contributed by atoms with Crippen LogP contribution in [0.15, 0.2) is 151 Å². The van der Waals surface area contributed by atoms with Gasteiger partial charge in [-0.05, 0) is 41.0 Å². The number of imidazole rings is 1. The van der Waals surface area contributed by atoms with Gasteiger partial charge in [0.25, 0.3) is 0 Å². The van der Waals surface area contributed by atoms with E-state index in [1.54, 1.807) is 18.3 Å². The number of benzene rings is 4. The van der Waals surface area contributed by atoms with Crippen LogP contribution in [0.25, 0.3) is 39.5 Å². The van der Waals surface area contributed by atoms with Crippen LogP contribution in [0.1, 0.15) is 42.3 Å². The molecule has 0 unspecified atom stereocenters. The number of pyridine rings is 1. The van der Waals surface area contributed by atoms with Gasteiger partial charge in [0.05, 0.1) is 6.20 Å². The molecule has 8 heteroatoms. The highest BCUT2D eigenvalue weighted by molar-refractivity contribution is 5.81. The largest absolute Gasteiger partial charge is 0.339 e. The van der Waals surface area contributed by atoms with E-state index in [1.807, 2.05) is 108 Å². The summed E-state index contributed by atoms with van der Waals surface area (Å²) in [5.74, 6) is 0.739. The lowest BCUT2D eigenvalue weighted by molar-refractivity contribution is 0.365. The molecular formula is C40H31FN6O. The van der Waals surface area contributed by atoms with Crippen molar-refractivity contribution in [2.45, 2.75) is 25.3 Å². The van der Waals surface area contributed by atoms with Crippen molar-refractivity contribution in [1.82, 2.24) is 29.3 Å². The highest BCUT2D eigenvalue weighted by atomic mass is 19.1. The van der Waals surface area contributed by atoms with Gasteiger partial charge in [0.15, 0.2) is 0 Å². The van der Waals surface area contributed by atoms with Crippen LogP contribution < -0.4 is 0 Å². The highest BCUT2D eigenvalue weighted by Crippen LogP contribution is 2.43. The summed E-state index contributed by atoms with van der Waals surface area (Å²) in [5, 5.41) is 9.54. The van der Waals surface area contributed by atoms with Crippen LogP contribution in [-0.2, 0) is 5.54 Å². The average Bonchev–Trinajstić information content (AvgIpc) is 3.89. The van der Waals surface area contributed by atoms with Crippen LogP contribution in [0.5, 0.6) is 0 Å². The van der Waals surface area contributed by atoms with E-state index in [0.29, 0.717) is 28.7 Å². The molecule has 48 heavy (non-hydrogen) atoms. The molecule has 4 heterocycles. The van der Waals surface area contributed by atoms with Crippen molar-refractivity contribution >= 4 is 5.65 Å². The van der Waals surface area contributed by atoms with E-state index in [0.717, 1.165) is 33.5 Å². The molecule has 0 fully saturated rings. The number of rotatable bonds is 8. The zero-order chi connectivity index (χ0) is 32.7. The minimum atomic E-state index is -0.885. The van der Waals surface area contributed by atoms with E-state index in [2.05, 4.69) is 51.5 Å². The first-order chi connectivity index (χ1) is 23.5. The number of hydrogen-bond acceptors (Lipinski definition) is 5. The van der Waals surface area contributed by atoms with Gasteiger partial charge in [-0.3, -0.25) is 9.08 Å². The zero-order valence-electron chi connectivity index (χ0n) is 26.4. The molecule has 0 spiro atoms. The predicted molar refractivity (Wildman–Crippen MR) is 184 cm³/mol. The topological polar surface area (TPSA) is 74.0 Å². The lowest BCUT2D eigenvalue weighted by Gasteiger charge is -2.36. The fourth-order valence-electron chi connectivity index (χ4n) is 6.42. The molecule has 0 radical (unpaired) electrons. The third-order valence-electron chi connectivity index (χ3n) is 8.74. The quantitative estimate of drug-likeness (QED) is 0.157. The van der Waals surface area contributed by atoms with Gasteiger partial charge in [-0.2, -0.15) is 10.1 Å². The Morgan fingerprint density at radius 3 is 1.88 bits per heavy atom. The Morgan fingerprint density at radius 1 is 0.688 bits per heavy atom. The number of fused-ring (bicyclic) bond motifs is 1. The van der Waals surface area contributed by atoms with Crippen LogP contribution in [0.2, 0.25) is 0 Å². The number of hydrogen-bond donors (Lipinski definition) is 0. The van der Waals surface area contributed by atoms with Gasteiger partial charge in [0.1, 0.15) is 28.4 Å². The Labute approximate surface area is 277 Å². The number of halogens is 1. The summed E-state index contributed by atoms with van der Waals surface area (Å²) < 4.78 is 25.1. The number of aromatic nitrogens is 6. The molecule has 0 aliphatic rings. The smallest absolute Gasteiger partial charge is 0.229 e. The van der Waals surface area contributed by atoms with Crippen LogP contribution in [0.4, 0.5) is 4.39 Å². The Balaban J connectivity index is 1.42. The normalized spacial score (nSPS) is 11.8. The minimum absolute atomic E-state index is 0.0919. The molecule has 8 aromatic rings. The van der Waals surface area contributed by atoms with Crippen molar-refractivity contribution in [3.8, 4) is 33.9 Å². The van der Waals surface area contributed by atoms with Crippen LogP contribution in [0.3, 0.4) is 0 Å². The highest BCUT2D eigenvalue weighted by Gasteiger charge is 2.40. The second kappa shape index (κ2) is 11.9. The minimum Gasteiger partial charge on any atom is -0.339 e. The fraction of sp³-hybridized carbons (Fsp3) is 0.100. The van der Waals surface area contributed by atoms with Gasteiger partial charge < -0.3 is 4.52 Å². The summed E-state index contributed by atoms with van der Waals surface area (Å²) in [6.45, 7) is 4.01. The Hall–Kier alpha value is -6.15. The molecule has 0 saturated heterocycles. The summed E-state index contributed by atoms with van der Waals surface area (Å²) in [4.78, 5) is 9.22. The van der Waals surface area contributed by atoms with Gasteiger partial charge in [-0.25, -0.2) is 9.37 Å². The summed E-state index contributed by atoms with van der Waals surface area (Å²) in [5.41, 5.74) is 6.07. The first-order valence-electron chi connectivity index (χ1n) is 15.9. The van der Waals surface area contributed by atoms with E-state index in [1.165, 1.54) is 6.07 Å². The van der Waals surface area contributed by atoms with Gasteiger partial charge in [0.2, 0.25) is 11.7 Å². The van der Waals surface area contributed by atoms with Gasteiger partial charge >= 0.3 is 0 Å². The molecule has 7 nitrogen and oxygen atoms in total. The van der Waals surface area contributed by atoms with Crippen LogP contribution in [0, 0.1) is 5.82 Å². The molecule has 0 aliphatic heterocycles. The third-order valence-corrected chi connectivity index (χ3v) is 8.74. The summed E-state index contributed by atoms with van der Waals surface area (Å²) >= 11 is 0. The van der Waals surface area contributed by atoms with Crippen molar-refractivity contribution in [2.24, 2.45) is 0 Å². The summed E-state index contributed by atoms with van der Waals surface area (Å²) in [6, 6.07) is 41.6. The van der Waals surface area contributed by atoms with Crippen molar-refractivity contribution in [1.29, 1.82) is 0 Å². The third kappa shape index (κ3) is 4.81. The molecule has 0 aliphatic carbocycles. The molecule has 0 atom stereocenters. The Kier molecular flexibility index (Phi) is 7.25. The van der Waals surface area contributed by atoms with E-state index < -0.39 is 5.54 Å². The molecule has 4 aromatic carbocycles. The Morgan fingerprint density at radius 2 is 1.29 bits per heavy atom. The maximum Gasteiger partial charge on any atom is 0.229 e. The van der Waals surface area contributed by atoms with E-state index >= 15 is 4.39 Å². The lowest BCUT2D eigenvalue weighted by atomic mass is 9.77. The van der Waals surface area contributed by atoms with Crippen molar-refractivity contribution < 1.29 is 8.91 Å². The average molecular weight is 631 g/mol. The lowest BCUT2D eigenvalue weighted by Crippen LogP contribution is -2.38.